The second kappa shape index (κ2) is 9.69. The van der Waals surface area contributed by atoms with Gasteiger partial charge in [0.15, 0.2) is 18.1 Å². The van der Waals surface area contributed by atoms with E-state index in [1.165, 1.54) is 0 Å². The first-order valence-electron chi connectivity index (χ1n) is 9.87. The molecule has 1 amide bonds. The molecule has 3 rings (SSSR count). The Balaban J connectivity index is 1.59. The van der Waals surface area contributed by atoms with Crippen LogP contribution in [0, 0.1) is 6.92 Å². The third-order valence-electron chi connectivity index (χ3n) is 4.67. The van der Waals surface area contributed by atoms with Crippen LogP contribution in [0.15, 0.2) is 71.8 Å². The average molecular weight is 402 g/mol. The quantitative estimate of drug-likeness (QED) is 0.481. The summed E-state index contributed by atoms with van der Waals surface area (Å²) in [6, 6.07) is 13.2. The van der Waals surface area contributed by atoms with Gasteiger partial charge in [0.2, 0.25) is 0 Å². The van der Waals surface area contributed by atoms with E-state index in [2.05, 4.69) is 20.9 Å². The van der Waals surface area contributed by atoms with Gasteiger partial charge < -0.3 is 16.0 Å². The molecule has 0 spiro atoms. The number of carbonyl (C=O) groups is 1. The molecule has 0 bridgehead atoms. The van der Waals surface area contributed by atoms with Gasteiger partial charge in [0.25, 0.3) is 5.91 Å². The van der Waals surface area contributed by atoms with E-state index in [9.17, 15) is 4.79 Å². The molecule has 0 radical (unpaired) electrons. The number of aliphatic imine (C=N–C) groups is 1. The summed E-state index contributed by atoms with van der Waals surface area (Å²) in [4.78, 5) is 16.9. The van der Waals surface area contributed by atoms with Gasteiger partial charge in [-0.1, -0.05) is 30.7 Å². The molecule has 1 atom stereocenters. The van der Waals surface area contributed by atoms with Crippen LogP contribution in [0.25, 0.3) is 5.32 Å². The lowest BCUT2D eigenvalue weighted by Gasteiger charge is -2.26. The zero-order chi connectivity index (χ0) is 21.5. The molecule has 6 heteroatoms. The van der Waals surface area contributed by atoms with Crippen molar-refractivity contribution < 1.29 is 9.37 Å². The summed E-state index contributed by atoms with van der Waals surface area (Å²) in [6.45, 7) is 5.84. The van der Waals surface area contributed by atoms with Crippen LogP contribution in [-0.4, -0.2) is 30.0 Å². The number of allylic oxidation sites excluding steroid dienone is 1. The second-order valence-electron chi connectivity index (χ2n) is 7.13. The molecule has 1 aliphatic rings. The molecule has 0 aromatic heterocycles. The lowest BCUT2D eigenvalue weighted by atomic mass is 10.1. The molecule has 0 saturated heterocycles. The van der Waals surface area contributed by atoms with Crippen molar-refractivity contribution in [3.05, 3.63) is 88.8 Å². The summed E-state index contributed by atoms with van der Waals surface area (Å²) < 4.78 is 1.98. The predicted octanol–water partition coefficient (Wildman–Crippen LogP) is 5.03. The maximum atomic E-state index is 12.6. The zero-order valence-electron chi connectivity index (χ0n) is 17.8. The number of amides is 1. The van der Waals surface area contributed by atoms with Crippen LogP contribution in [0.3, 0.4) is 0 Å². The highest BCUT2D eigenvalue weighted by Crippen LogP contribution is 2.25. The van der Waals surface area contributed by atoms with Crippen molar-refractivity contribution in [2.45, 2.75) is 26.8 Å². The van der Waals surface area contributed by atoms with Gasteiger partial charge in [0, 0.05) is 17.5 Å². The van der Waals surface area contributed by atoms with Crippen LogP contribution < -0.4 is 10.6 Å². The van der Waals surface area contributed by atoms with E-state index in [1.807, 2.05) is 87.4 Å². The van der Waals surface area contributed by atoms with E-state index in [1.54, 1.807) is 18.5 Å². The molecule has 0 saturated carbocycles. The molecule has 2 N–H and O–H groups in total. The smallest absolute Gasteiger partial charge is 0.255 e. The molecule has 6 nitrogen and oxygen atoms in total. The van der Waals surface area contributed by atoms with Crippen LogP contribution in [0.4, 0.5) is 11.4 Å². The first-order valence-corrected chi connectivity index (χ1v) is 9.87. The Morgan fingerprint density at radius 3 is 2.73 bits per heavy atom. The Hall–Kier alpha value is -3.67. The maximum absolute atomic E-state index is 12.6. The van der Waals surface area contributed by atoms with E-state index < -0.39 is 0 Å². The fourth-order valence-electron chi connectivity index (χ4n) is 3.05. The summed E-state index contributed by atoms with van der Waals surface area (Å²) in [5.74, 6) is -0.147. The molecule has 1 heterocycles. The minimum absolute atomic E-state index is 0.0321. The number of rotatable bonds is 8. The third-order valence-corrected chi connectivity index (χ3v) is 4.67. The minimum atomic E-state index is -0.147. The van der Waals surface area contributed by atoms with Gasteiger partial charge >= 0.3 is 0 Å². The standard InChI is InChI=1S/C24H27N5O/c1-5-25-23-10-9-20(13-17(23)2)24(30)28-21-8-6-7-19(14-21)18(3)26-11-12-27-22-15-29(4)16-22/h5-16,18,27H,1-4H3,(H,28,30). The fraction of sp³-hybridized carbons (Fsp3) is 0.208. The third kappa shape index (κ3) is 5.44. The zero-order valence-corrected chi connectivity index (χ0v) is 17.8. The topological polar surface area (TPSA) is 70.6 Å². The number of benzene rings is 2. The van der Waals surface area contributed by atoms with Crippen LogP contribution in [-0.2, 0) is 0 Å². The number of anilines is 1. The molecule has 1 unspecified atom stereocenters. The predicted molar refractivity (Wildman–Crippen MR) is 124 cm³/mol. The first kappa shape index (κ1) is 21.0. The van der Waals surface area contributed by atoms with Crippen molar-refractivity contribution in [1.82, 2.24) is 5.32 Å². The van der Waals surface area contributed by atoms with Gasteiger partial charge in [-0.3, -0.25) is 9.79 Å². The largest absolute Gasteiger partial charge is 0.683 e. The summed E-state index contributed by atoms with van der Waals surface area (Å²) >= 11 is 0. The van der Waals surface area contributed by atoms with Gasteiger partial charge in [0.05, 0.1) is 5.69 Å². The monoisotopic (exact) mass is 401 g/mol. The van der Waals surface area contributed by atoms with Gasteiger partial charge in [0.1, 0.15) is 7.05 Å². The Morgan fingerprint density at radius 1 is 1.23 bits per heavy atom. The molecule has 30 heavy (non-hydrogen) atoms. The Labute approximate surface area is 177 Å². The van der Waals surface area contributed by atoms with Crippen LogP contribution >= 0.6 is 0 Å². The highest BCUT2D eigenvalue weighted by molar-refractivity contribution is 6.04. The Bertz CT molecular complexity index is 1050. The molecular weight excluding hydrogens is 374 g/mol. The van der Waals surface area contributed by atoms with E-state index in [4.69, 9.17) is 0 Å². The molecule has 0 fully saturated rings. The molecule has 154 valence electrons. The van der Waals surface area contributed by atoms with Crippen molar-refractivity contribution in [2.24, 2.45) is 4.99 Å². The first-order chi connectivity index (χ1) is 14.5. The van der Waals surface area contributed by atoms with E-state index >= 15 is 0 Å². The average Bonchev–Trinajstić information content (AvgIpc) is 2.71. The highest BCUT2D eigenvalue weighted by atomic mass is 16.1. The molecule has 1 aliphatic heterocycles. The fourth-order valence-corrected chi connectivity index (χ4v) is 3.05. The van der Waals surface area contributed by atoms with Crippen LogP contribution in [0.1, 0.15) is 41.4 Å². The normalized spacial score (nSPS) is 14.1. The Kier molecular flexibility index (Phi) is 6.80. The van der Waals surface area contributed by atoms with Gasteiger partial charge in [-0.25, -0.2) is 4.58 Å². The number of hydrogen-bond acceptors (Lipinski definition) is 3. The number of nitrogens with zero attached hydrogens (tertiary/aromatic N) is 3. The highest BCUT2D eigenvalue weighted by Gasteiger charge is 2.10. The second-order valence-corrected chi connectivity index (χ2v) is 7.13. The summed E-state index contributed by atoms with van der Waals surface area (Å²) in [6.07, 6.45) is 9.29. The summed E-state index contributed by atoms with van der Waals surface area (Å²) in [5, 5.41) is 10.7. The van der Waals surface area contributed by atoms with Crippen molar-refractivity contribution in [3.63, 3.8) is 0 Å². The maximum Gasteiger partial charge on any atom is 0.255 e. The lowest BCUT2D eigenvalue weighted by Crippen LogP contribution is -2.21. The number of aryl methyl sites for hydroxylation is 1. The van der Waals surface area contributed by atoms with Crippen LogP contribution in [0.2, 0.25) is 0 Å². The number of hydrogen-bond donors (Lipinski definition) is 2. The van der Waals surface area contributed by atoms with Crippen molar-refractivity contribution in [1.29, 1.82) is 0 Å². The van der Waals surface area contributed by atoms with Gasteiger partial charge in [-0.05, 0) is 55.9 Å². The molecule has 0 aliphatic carbocycles. The number of nitrogens with one attached hydrogen (secondary N) is 2. The van der Waals surface area contributed by atoms with Gasteiger partial charge in [-0.15, -0.1) is 0 Å². The SMILES string of the molecule is CC=Nc1ccc(C(=O)Nc2cccc(C(C)[N-]C=CNC3=C[N+](C)=C3)c2)cc1C. The van der Waals surface area contributed by atoms with Gasteiger partial charge in [-0.2, -0.15) is 6.20 Å². The van der Waals surface area contributed by atoms with Crippen LogP contribution in [0.5, 0.6) is 0 Å². The summed E-state index contributed by atoms with van der Waals surface area (Å²) in [5.41, 5.74) is 5.25. The Morgan fingerprint density at radius 2 is 2.03 bits per heavy atom. The van der Waals surface area contributed by atoms with E-state index in [0.717, 1.165) is 28.2 Å². The molecule has 2 aromatic rings. The van der Waals surface area contributed by atoms with Crippen molar-refractivity contribution in [2.75, 3.05) is 12.4 Å². The molecular formula is C24H27N5O. The van der Waals surface area contributed by atoms with E-state index in [-0.39, 0.29) is 11.9 Å². The van der Waals surface area contributed by atoms with Crippen molar-refractivity contribution in [3.8, 4) is 0 Å². The minimum Gasteiger partial charge on any atom is -0.683 e. The van der Waals surface area contributed by atoms with E-state index in [0.29, 0.717) is 5.56 Å². The molecule has 2 aromatic carbocycles. The number of carbonyl (C=O) groups excluding carboxylic acids is 1. The van der Waals surface area contributed by atoms with Crippen molar-refractivity contribution >= 4 is 29.7 Å². The lowest BCUT2D eigenvalue weighted by molar-refractivity contribution is -0.429. The summed E-state index contributed by atoms with van der Waals surface area (Å²) in [7, 11) is 1.98.